The minimum absolute atomic E-state index is 0.0533. The molecule has 2 rings (SSSR count). The summed E-state index contributed by atoms with van der Waals surface area (Å²) in [7, 11) is 3.29. The number of methoxy groups -OCH3 is 2. The number of carbonyl (C=O) groups is 1. The quantitative estimate of drug-likeness (QED) is 0.602. The fourth-order valence-electron chi connectivity index (χ4n) is 2.30. The van der Waals surface area contributed by atoms with Crippen molar-refractivity contribution in [2.24, 2.45) is 0 Å². The van der Waals surface area contributed by atoms with Gasteiger partial charge >= 0.3 is 0 Å². The zero-order valence-electron chi connectivity index (χ0n) is 11.9. The molecule has 0 amide bonds. The van der Waals surface area contributed by atoms with Crippen LogP contribution >= 0.6 is 0 Å². The monoisotopic (exact) mass is 279 g/mol. The van der Waals surface area contributed by atoms with Crippen molar-refractivity contribution in [2.75, 3.05) is 34.0 Å². The number of ketones is 1. The molecule has 1 aliphatic rings. The number of hydrogen-bond acceptors (Lipinski definition) is 5. The van der Waals surface area contributed by atoms with E-state index in [4.69, 9.17) is 14.2 Å². The van der Waals surface area contributed by atoms with Gasteiger partial charge in [-0.1, -0.05) is 12.1 Å². The van der Waals surface area contributed by atoms with Crippen molar-refractivity contribution in [1.29, 1.82) is 0 Å². The summed E-state index contributed by atoms with van der Waals surface area (Å²) in [4.78, 5) is 12.5. The number of rotatable bonds is 7. The van der Waals surface area contributed by atoms with E-state index in [-0.39, 0.29) is 17.9 Å². The molecule has 2 atom stereocenters. The molecule has 110 valence electrons. The number of hydrogen-bond donors (Lipinski definition) is 1. The minimum atomic E-state index is -0.202. The molecule has 1 aromatic rings. The van der Waals surface area contributed by atoms with Crippen LogP contribution < -0.4 is 10.1 Å². The summed E-state index contributed by atoms with van der Waals surface area (Å²) in [5.41, 5.74) is 0.609. The highest BCUT2D eigenvalue weighted by Gasteiger charge is 2.31. The average Bonchev–Trinajstić information content (AvgIpc) is 2.96. The largest absolute Gasteiger partial charge is 0.490 e. The molecule has 0 aliphatic carbocycles. The Hall–Kier alpha value is -1.43. The number of ether oxygens (including phenoxy) is 3. The van der Waals surface area contributed by atoms with Gasteiger partial charge in [-0.05, 0) is 18.6 Å². The summed E-state index contributed by atoms with van der Waals surface area (Å²) in [6.45, 7) is 1.63. The number of carbonyl (C=O) groups excluding carboxylic acids is 1. The van der Waals surface area contributed by atoms with Gasteiger partial charge in [0.1, 0.15) is 12.4 Å². The molecule has 2 unspecified atom stereocenters. The van der Waals surface area contributed by atoms with Crippen LogP contribution in [0.3, 0.4) is 0 Å². The average molecular weight is 279 g/mol. The van der Waals surface area contributed by atoms with Crippen LogP contribution in [0.25, 0.3) is 0 Å². The lowest BCUT2D eigenvalue weighted by Gasteiger charge is -2.14. The van der Waals surface area contributed by atoms with E-state index in [0.717, 1.165) is 0 Å². The second-order valence-corrected chi connectivity index (χ2v) is 4.76. The zero-order chi connectivity index (χ0) is 14.4. The summed E-state index contributed by atoms with van der Waals surface area (Å²) in [5.74, 6) is 0.662. The molecule has 0 saturated carbocycles. The van der Waals surface area contributed by atoms with Crippen molar-refractivity contribution >= 4 is 5.78 Å². The molecule has 1 aromatic carbocycles. The van der Waals surface area contributed by atoms with E-state index >= 15 is 0 Å². The summed E-state index contributed by atoms with van der Waals surface area (Å²) < 4.78 is 15.8. The van der Waals surface area contributed by atoms with Crippen LogP contribution in [-0.2, 0) is 9.47 Å². The Balaban J connectivity index is 2.05. The van der Waals surface area contributed by atoms with Crippen molar-refractivity contribution in [2.45, 2.75) is 18.6 Å². The first-order valence-corrected chi connectivity index (χ1v) is 6.77. The second kappa shape index (κ2) is 7.38. The van der Waals surface area contributed by atoms with Crippen molar-refractivity contribution < 1.29 is 19.0 Å². The van der Waals surface area contributed by atoms with Gasteiger partial charge in [0.25, 0.3) is 0 Å². The third-order valence-corrected chi connectivity index (χ3v) is 3.44. The second-order valence-electron chi connectivity index (χ2n) is 4.76. The first kappa shape index (κ1) is 15.0. The first-order chi connectivity index (χ1) is 9.76. The van der Waals surface area contributed by atoms with Crippen LogP contribution in [0.2, 0.25) is 0 Å². The van der Waals surface area contributed by atoms with E-state index in [1.165, 1.54) is 0 Å². The Morgan fingerprint density at radius 1 is 1.30 bits per heavy atom. The molecule has 0 bridgehead atoms. The molecule has 1 saturated heterocycles. The van der Waals surface area contributed by atoms with Crippen LogP contribution in [0.4, 0.5) is 0 Å². The summed E-state index contributed by atoms with van der Waals surface area (Å²) in [6.07, 6.45) is 0.799. The van der Waals surface area contributed by atoms with Gasteiger partial charge in [-0.15, -0.1) is 0 Å². The molecule has 20 heavy (non-hydrogen) atoms. The van der Waals surface area contributed by atoms with Gasteiger partial charge in [-0.2, -0.15) is 0 Å². The van der Waals surface area contributed by atoms with Crippen molar-refractivity contribution in [3.05, 3.63) is 29.8 Å². The van der Waals surface area contributed by atoms with Crippen LogP contribution in [0.15, 0.2) is 24.3 Å². The number of benzene rings is 1. The highest BCUT2D eigenvalue weighted by molar-refractivity contribution is 6.02. The number of Topliss-reactive ketones (excluding diaryl/α,β-unsaturated/α-hetero) is 1. The third-order valence-electron chi connectivity index (χ3n) is 3.44. The molecule has 1 aliphatic heterocycles. The van der Waals surface area contributed by atoms with E-state index in [9.17, 15) is 4.79 Å². The van der Waals surface area contributed by atoms with E-state index in [0.29, 0.717) is 37.5 Å². The predicted octanol–water partition coefficient (Wildman–Crippen LogP) is 1.27. The fraction of sp³-hybridized carbons (Fsp3) is 0.533. The molecule has 1 N–H and O–H groups in total. The van der Waals surface area contributed by atoms with Gasteiger partial charge in [0.2, 0.25) is 0 Å². The first-order valence-electron chi connectivity index (χ1n) is 6.77. The van der Waals surface area contributed by atoms with E-state index in [1.54, 1.807) is 20.3 Å². The smallest absolute Gasteiger partial charge is 0.183 e. The lowest BCUT2D eigenvalue weighted by molar-refractivity contribution is 0.0912. The Bertz CT molecular complexity index is 449. The van der Waals surface area contributed by atoms with E-state index in [2.05, 4.69) is 5.32 Å². The molecule has 1 fully saturated rings. The lowest BCUT2D eigenvalue weighted by Crippen LogP contribution is -2.31. The SMILES string of the molecule is COCCOc1ccccc1C(=O)C1CC(OC)CN1. The topological polar surface area (TPSA) is 56.8 Å². The molecule has 1 heterocycles. The zero-order valence-corrected chi connectivity index (χ0v) is 11.9. The standard InChI is InChI=1S/C15H21NO4/c1-18-7-8-20-14-6-4-3-5-12(14)15(17)13-9-11(19-2)10-16-13/h3-6,11,13,16H,7-10H2,1-2H3. The normalized spacial score (nSPS) is 21.9. The Labute approximate surface area is 119 Å². The Morgan fingerprint density at radius 2 is 2.10 bits per heavy atom. The summed E-state index contributed by atoms with van der Waals surface area (Å²) in [5, 5.41) is 3.20. The maximum atomic E-state index is 12.5. The lowest BCUT2D eigenvalue weighted by atomic mass is 10.0. The third kappa shape index (κ3) is 3.56. The van der Waals surface area contributed by atoms with Gasteiger partial charge in [0, 0.05) is 20.8 Å². The van der Waals surface area contributed by atoms with Gasteiger partial charge in [0.15, 0.2) is 5.78 Å². The Kier molecular flexibility index (Phi) is 5.52. The van der Waals surface area contributed by atoms with E-state index in [1.807, 2.05) is 18.2 Å². The van der Waals surface area contributed by atoms with E-state index < -0.39 is 0 Å². The van der Waals surface area contributed by atoms with Crippen molar-refractivity contribution in [3.8, 4) is 5.75 Å². The highest BCUT2D eigenvalue weighted by Crippen LogP contribution is 2.22. The molecular weight excluding hydrogens is 258 g/mol. The van der Waals surface area contributed by atoms with Crippen LogP contribution in [0.1, 0.15) is 16.8 Å². The number of para-hydroxylation sites is 1. The summed E-state index contributed by atoms with van der Waals surface area (Å²) >= 11 is 0. The van der Waals surface area contributed by atoms with Crippen LogP contribution in [0, 0.1) is 0 Å². The maximum absolute atomic E-state index is 12.5. The molecule has 0 radical (unpaired) electrons. The van der Waals surface area contributed by atoms with Gasteiger partial charge in [-0.3, -0.25) is 4.79 Å². The minimum Gasteiger partial charge on any atom is -0.490 e. The maximum Gasteiger partial charge on any atom is 0.183 e. The molecule has 5 nitrogen and oxygen atoms in total. The molecule has 0 spiro atoms. The summed E-state index contributed by atoms with van der Waals surface area (Å²) in [6, 6.07) is 7.11. The molecular formula is C15H21NO4. The van der Waals surface area contributed by atoms with Gasteiger partial charge in [0.05, 0.1) is 24.3 Å². The number of nitrogens with one attached hydrogen (secondary N) is 1. The highest BCUT2D eigenvalue weighted by atomic mass is 16.5. The van der Waals surface area contributed by atoms with Crippen LogP contribution in [0.5, 0.6) is 5.75 Å². The Morgan fingerprint density at radius 3 is 2.80 bits per heavy atom. The van der Waals surface area contributed by atoms with Crippen LogP contribution in [-0.4, -0.2) is 51.9 Å². The van der Waals surface area contributed by atoms with Gasteiger partial charge in [-0.25, -0.2) is 0 Å². The molecule has 5 heteroatoms. The van der Waals surface area contributed by atoms with Crippen molar-refractivity contribution in [3.63, 3.8) is 0 Å². The fourth-order valence-corrected chi connectivity index (χ4v) is 2.30. The van der Waals surface area contributed by atoms with Gasteiger partial charge < -0.3 is 19.5 Å². The van der Waals surface area contributed by atoms with Crippen molar-refractivity contribution in [1.82, 2.24) is 5.32 Å². The molecule has 0 aromatic heterocycles. The predicted molar refractivity (Wildman–Crippen MR) is 75.3 cm³/mol.